The first-order valence-electron chi connectivity index (χ1n) is 15.0. The number of likely N-dealkylation sites (N-methyl/N-ethyl adjacent to an activating group) is 1. The number of carbonyl (C=O) groups excluding carboxylic acids is 1. The van der Waals surface area contributed by atoms with Crippen molar-refractivity contribution < 1.29 is 9.53 Å². The number of nitriles is 1. The lowest BCUT2D eigenvalue weighted by Gasteiger charge is -2.40. The quantitative estimate of drug-likeness (QED) is 0.448. The highest BCUT2D eigenvalue weighted by atomic mass is 16.5. The summed E-state index contributed by atoms with van der Waals surface area (Å²) in [5, 5.41) is 19.0. The number of aryl methyl sites for hydroxylation is 1. The van der Waals surface area contributed by atoms with Crippen LogP contribution in [0.1, 0.15) is 49.1 Å². The Bertz CT molecular complexity index is 1560. The van der Waals surface area contributed by atoms with Gasteiger partial charge < -0.3 is 24.3 Å². The second-order valence-electron chi connectivity index (χ2n) is 11.8. The summed E-state index contributed by atoms with van der Waals surface area (Å²) in [4.78, 5) is 26.8. The number of rotatable bonds is 6. The highest BCUT2D eigenvalue weighted by molar-refractivity contribution is 5.94. The summed E-state index contributed by atoms with van der Waals surface area (Å²) in [7, 11) is 2.13. The van der Waals surface area contributed by atoms with Gasteiger partial charge >= 0.3 is 0 Å². The maximum absolute atomic E-state index is 12.8. The van der Waals surface area contributed by atoms with Crippen LogP contribution >= 0.6 is 0 Å². The molecule has 0 bridgehead atoms. The van der Waals surface area contributed by atoms with Crippen LogP contribution in [0.2, 0.25) is 0 Å². The van der Waals surface area contributed by atoms with Crippen LogP contribution in [0, 0.1) is 18.3 Å². The largest absolute Gasteiger partial charge is 0.475 e. The van der Waals surface area contributed by atoms with Gasteiger partial charge in [-0.3, -0.25) is 9.89 Å². The van der Waals surface area contributed by atoms with Crippen molar-refractivity contribution in [3.8, 4) is 11.9 Å². The number of allylic oxidation sites excluding steroid dienone is 1. The molecule has 6 rings (SSSR count). The van der Waals surface area contributed by atoms with Gasteiger partial charge in [-0.25, -0.2) is 4.98 Å². The van der Waals surface area contributed by atoms with E-state index in [1.54, 1.807) is 0 Å². The monoisotopic (exact) mass is 568 g/mol. The molecule has 5 heterocycles. The predicted molar refractivity (Wildman–Crippen MR) is 164 cm³/mol. The fourth-order valence-electron chi connectivity index (χ4n) is 6.68. The Morgan fingerprint density at radius 3 is 2.69 bits per heavy atom. The number of H-pyrrole nitrogens is 1. The highest BCUT2D eigenvalue weighted by Gasteiger charge is 2.33. The van der Waals surface area contributed by atoms with Crippen molar-refractivity contribution in [1.29, 1.82) is 5.26 Å². The van der Waals surface area contributed by atoms with E-state index < -0.39 is 0 Å². The van der Waals surface area contributed by atoms with Crippen LogP contribution in [0.3, 0.4) is 0 Å². The molecule has 2 aromatic heterocycles. The van der Waals surface area contributed by atoms with Gasteiger partial charge in [-0.15, -0.1) is 0 Å². The number of aromatic amines is 1. The topological polar surface area (TPSA) is 105 Å². The number of nitrogens with zero attached hydrogens (tertiary/aromatic N) is 7. The molecule has 1 amide bonds. The number of amides is 1. The van der Waals surface area contributed by atoms with Crippen molar-refractivity contribution in [2.75, 3.05) is 62.7 Å². The number of carbonyl (C=O) groups is 1. The van der Waals surface area contributed by atoms with E-state index in [0.29, 0.717) is 56.8 Å². The number of fused-ring (bicyclic) bond motifs is 2. The molecule has 220 valence electrons. The molecule has 0 unspecified atom stereocenters. The van der Waals surface area contributed by atoms with Gasteiger partial charge in [0.15, 0.2) is 0 Å². The van der Waals surface area contributed by atoms with E-state index in [1.807, 2.05) is 31.0 Å². The number of aromatic nitrogens is 3. The molecule has 2 saturated heterocycles. The number of benzene rings is 1. The normalized spacial score (nSPS) is 19.7. The van der Waals surface area contributed by atoms with Crippen LogP contribution in [-0.4, -0.2) is 89.9 Å². The van der Waals surface area contributed by atoms with Crippen LogP contribution in [-0.2, 0) is 17.8 Å². The Balaban J connectivity index is 1.36. The minimum atomic E-state index is 0.0820. The number of hydrogen-bond donors (Lipinski definition) is 1. The predicted octanol–water partition coefficient (Wildman–Crippen LogP) is 3.79. The van der Waals surface area contributed by atoms with Crippen LogP contribution < -0.4 is 14.5 Å². The van der Waals surface area contributed by atoms with Crippen LogP contribution in [0.5, 0.6) is 5.88 Å². The number of pyridine rings is 1. The summed E-state index contributed by atoms with van der Waals surface area (Å²) in [5.41, 5.74) is 7.66. The average molecular weight is 569 g/mol. The molecule has 0 saturated carbocycles. The second-order valence-corrected chi connectivity index (χ2v) is 11.8. The zero-order valence-electron chi connectivity index (χ0n) is 25.1. The molecule has 2 fully saturated rings. The van der Waals surface area contributed by atoms with E-state index in [4.69, 9.17) is 9.72 Å². The molecule has 1 N–H and O–H groups in total. The second kappa shape index (κ2) is 11.6. The molecule has 0 aliphatic carbocycles. The van der Waals surface area contributed by atoms with Gasteiger partial charge in [0.25, 0.3) is 0 Å². The number of ether oxygens (including phenoxy) is 1. The minimum Gasteiger partial charge on any atom is -0.475 e. The van der Waals surface area contributed by atoms with Gasteiger partial charge in [-0.2, -0.15) is 10.4 Å². The molecule has 42 heavy (non-hydrogen) atoms. The lowest BCUT2D eigenvalue weighted by Crippen LogP contribution is -2.49. The number of hydrogen-bond acceptors (Lipinski definition) is 8. The Labute approximate surface area is 247 Å². The van der Waals surface area contributed by atoms with Gasteiger partial charge in [0.1, 0.15) is 18.2 Å². The standard InChI is InChI=1S/C32H40N8O2/c1-5-21(2)32(41)39-15-13-38(14-16-39)30-24-10-12-40(29-22(3)8-9-27-26(29)18-34-36-27)19-28(24)35-31(25(30)17-33)42-20-23-7-6-11-37(23)4/h5,8-9,18,23H,6-7,10-16,19-20H2,1-4H3,(H,34,36)/b21-5+/t23-/m0/s1. The summed E-state index contributed by atoms with van der Waals surface area (Å²) in [6.45, 7) is 11.5. The molecule has 3 aliphatic rings. The first-order chi connectivity index (χ1) is 20.4. The van der Waals surface area contributed by atoms with Crippen molar-refractivity contribution in [3.63, 3.8) is 0 Å². The fraction of sp³-hybridized carbons (Fsp3) is 0.500. The van der Waals surface area contributed by atoms with Crippen molar-refractivity contribution in [1.82, 2.24) is 25.0 Å². The van der Waals surface area contributed by atoms with Crippen LogP contribution in [0.4, 0.5) is 11.4 Å². The highest BCUT2D eigenvalue weighted by Crippen LogP contribution is 2.39. The summed E-state index contributed by atoms with van der Waals surface area (Å²) in [5.74, 6) is 0.508. The van der Waals surface area contributed by atoms with Crippen molar-refractivity contribution >= 4 is 28.2 Å². The van der Waals surface area contributed by atoms with E-state index >= 15 is 0 Å². The maximum atomic E-state index is 12.8. The summed E-state index contributed by atoms with van der Waals surface area (Å²) >= 11 is 0. The molecule has 3 aliphatic heterocycles. The molecule has 10 nitrogen and oxygen atoms in total. The Morgan fingerprint density at radius 2 is 1.98 bits per heavy atom. The zero-order chi connectivity index (χ0) is 29.4. The number of anilines is 2. The molecule has 0 spiro atoms. The van der Waals surface area contributed by atoms with Gasteiger partial charge in [-0.1, -0.05) is 12.1 Å². The zero-order valence-corrected chi connectivity index (χ0v) is 25.1. The maximum Gasteiger partial charge on any atom is 0.249 e. The average Bonchev–Trinajstić information content (AvgIpc) is 3.66. The number of likely N-dealkylation sites (tertiary alicyclic amines) is 1. The third-order valence-electron chi connectivity index (χ3n) is 9.26. The molecular formula is C32H40N8O2. The smallest absolute Gasteiger partial charge is 0.249 e. The van der Waals surface area contributed by atoms with Crippen molar-refractivity contribution in [2.24, 2.45) is 0 Å². The summed E-state index contributed by atoms with van der Waals surface area (Å²) in [6, 6.07) is 7.00. The summed E-state index contributed by atoms with van der Waals surface area (Å²) < 4.78 is 6.40. The fourth-order valence-corrected chi connectivity index (χ4v) is 6.68. The van der Waals surface area contributed by atoms with E-state index in [2.05, 4.69) is 57.1 Å². The van der Waals surface area contributed by atoms with Crippen molar-refractivity contribution in [3.05, 3.63) is 52.4 Å². The molecule has 3 aromatic rings. The summed E-state index contributed by atoms with van der Waals surface area (Å²) in [6.07, 6.45) is 6.77. The van der Waals surface area contributed by atoms with E-state index in [1.165, 1.54) is 11.3 Å². The van der Waals surface area contributed by atoms with Crippen LogP contribution in [0.25, 0.3) is 10.9 Å². The first kappa shape index (κ1) is 28.0. The lowest BCUT2D eigenvalue weighted by atomic mass is 9.97. The minimum absolute atomic E-state index is 0.0820. The Kier molecular flexibility index (Phi) is 7.78. The third kappa shape index (κ3) is 5.07. The van der Waals surface area contributed by atoms with E-state index in [9.17, 15) is 10.1 Å². The number of piperazine rings is 1. The van der Waals surface area contributed by atoms with Gasteiger partial charge in [0, 0.05) is 55.3 Å². The Morgan fingerprint density at radius 1 is 1.17 bits per heavy atom. The van der Waals surface area contributed by atoms with Gasteiger partial charge in [0.05, 0.1) is 35.3 Å². The Hall–Kier alpha value is -4.10. The van der Waals surface area contributed by atoms with E-state index in [0.717, 1.165) is 65.8 Å². The molecule has 1 aromatic carbocycles. The van der Waals surface area contributed by atoms with Crippen LogP contribution in [0.15, 0.2) is 30.0 Å². The first-order valence-corrected chi connectivity index (χ1v) is 15.0. The third-order valence-corrected chi connectivity index (χ3v) is 9.26. The SMILES string of the molecule is C/C=C(\C)C(=O)N1CCN(c2c(C#N)c(OC[C@@H]3CCCN3C)nc3c2CCN(c2c(C)ccc4[nH]ncc24)C3)CC1. The molecule has 10 heteroatoms. The lowest BCUT2D eigenvalue weighted by molar-refractivity contribution is -0.127. The molecule has 1 atom stereocenters. The number of nitrogens with one attached hydrogen (secondary N) is 1. The van der Waals surface area contributed by atoms with Gasteiger partial charge in [-0.05, 0) is 65.3 Å². The molecule has 0 radical (unpaired) electrons. The molecular weight excluding hydrogens is 528 g/mol. The van der Waals surface area contributed by atoms with E-state index in [-0.39, 0.29) is 5.91 Å². The van der Waals surface area contributed by atoms with Crippen molar-refractivity contribution in [2.45, 2.75) is 52.6 Å². The van der Waals surface area contributed by atoms with Gasteiger partial charge in [0.2, 0.25) is 11.8 Å².